The number of hydrogen-bond acceptors (Lipinski definition) is 4. The molecule has 1 fully saturated rings. The summed E-state index contributed by atoms with van der Waals surface area (Å²) in [6, 6.07) is 0. The molecule has 0 atom stereocenters. The summed E-state index contributed by atoms with van der Waals surface area (Å²) in [6.45, 7) is 4.09. The zero-order chi connectivity index (χ0) is 11.2. The summed E-state index contributed by atoms with van der Waals surface area (Å²) in [4.78, 5) is 11.7. The lowest BCUT2D eigenvalue weighted by molar-refractivity contribution is 0.375. The van der Waals surface area contributed by atoms with E-state index in [1.807, 2.05) is 6.92 Å². The lowest BCUT2D eigenvalue weighted by atomic mass is 10.1. The van der Waals surface area contributed by atoms with Gasteiger partial charge >= 0.3 is 0 Å². The molecule has 1 N–H and O–H groups in total. The van der Waals surface area contributed by atoms with E-state index in [1.165, 1.54) is 0 Å². The molecule has 1 aliphatic rings. The highest BCUT2D eigenvalue weighted by molar-refractivity contribution is 5.15. The van der Waals surface area contributed by atoms with Crippen molar-refractivity contribution in [1.82, 2.24) is 20.1 Å². The molecule has 2 aromatic rings. The minimum Gasteiger partial charge on any atom is -0.346 e. The normalized spacial score (nSPS) is 17.6. The van der Waals surface area contributed by atoms with Crippen LogP contribution in [0.3, 0.4) is 0 Å². The molecule has 2 aromatic heterocycles. The van der Waals surface area contributed by atoms with Crippen molar-refractivity contribution < 1.29 is 4.52 Å². The molecule has 1 aliphatic carbocycles. The van der Waals surface area contributed by atoms with Crippen LogP contribution in [0.1, 0.15) is 43.0 Å². The number of aromatic nitrogens is 4. The Morgan fingerprint density at radius 1 is 1.50 bits per heavy atom. The highest BCUT2D eigenvalue weighted by atomic mass is 16.5. The molecule has 2 heterocycles. The predicted octanol–water partition coefficient (Wildman–Crippen LogP) is 1.74. The van der Waals surface area contributed by atoms with Crippen LogP contribution in [0.25, 0.3) is 0 Å². The number of imidazole rings is 1. The molecule has 0 aromatic carbocycles. The average molecular weight is 218 g/mol. The zero-order valence-corrected chi connectivity index (χ0v) is 9.45. The summed E-state index contributed by atoms with van der Waals surface area (Å²) in [5, 5.41) is 4.03. The summed E-state index contributed by atoms with van der Waals surface area (Å²) in [5.41, 5.74) is 1.18. The van der Waals surface area contributed by atoms with Gasteiger partial charge < -0.3 is 9.51 Å². The van der Waals surface area contributed by atoms with Crippen molar-refractivity contribution in [2.45, 2.75) is 38.5 Å². The van der Waals surface area contributed by atoms with Gasteiger partial charge in [-0.25, -0.2) is 4.98 Å². The highest BCUT2D eigenvalue weighted by Gasteiger charge is 2.43. The van der Waals surface area contributed by atoms with Crippen molar-refractivity contribution in [2.24, 2.45) is 0 Å². The second kappa shape index (κ2) is 3.17. The SMILES string of the molecule is Cc1ncc(Cc2nc(C3(C)CC3)no2)[nH]1. The largest absolute Gasteiger partial charge is 0.346 e. The summed E-state index contributed by atoms with van der Waals surface area (Å²) in [5.74, 6) is 2.41. The molecule has 0 bridgehead atoms. The maximum absolute atomic E-state index is 5.24. The Labute approximate surface area is 93.3 Å². The van der Waals surface area contributed by atoms with Gasteiger partial charge in [0.1, 0.15) is 5.82 Å². The first-order valence-electron chi connectivity index (χ1n) is 5.49. The fourth-order valence-electron chi connectivity index (χ4n) is 1.71. The number of rotatable bonds is 3. The van der Waals surface area contributed by atoms with Crippen LogP contribution in [0.2, 0.25) is 0 Å². The van der Waals surface area contributed by atoms with E-state index in [4.69, 9.17) is 4.52 Å². The third-order valence-corrected chi connectivity index (χ3v) is 3.11. The Morgan fingerprint density at radius 2 is 2.31 bits per heavy atom. The zero-order valence-electron chi connectivity index (χ0n) is 9.45. The lowest BCUT2D eigenvalue weighted by Gasteiger charge is -1.96. The fourth-order valence-corrected chi connectivity index (χ4v) is 1.71. The molecule has 0 aliphatic heterocycles. The van der Waals surface area contributed by atoms with E-state index in [2.05, 4.69) is 27.0 Å². The van der Waals surface area contributed by atoms with E-state index in [0.717, 1.165) is 30.2 Å². The van der Waals surface area contributed by atoms with Crippen LogP contribution in [0.4, 0.5) is 0 Å². The van der Waals surface area contributed by atoms with E-state index in [1.54, 1.807) is 6.20 Å². The molecular formula is C11H14N4O. The van der Waals surface area contributed by atoms with E-state index in [9.17, 15) is 0 Å². The third kappa shape index (κ3) is 1.62. The Bertz CT molecular complexity index is 510. The van der Waals surface area contributed by atoms with Crippen molar-refractivity contribution >= 4 is 0 Å². The molecule has 0 amide bonds. The molecule has 0 saturated heterocycles. The van der Waals surface area contributed by atoms with Crippen molar-refractivity contribution in [3.63, 3.8) is 0 Å². The molecule has 3 rings (SSSR count). The van der Waals surface area contributed by atoms with E-state index < -0.39 is 0 Å². The van der Waals surface area contributed by atoms with Crippen molar-refractivity contribution in [2.75, 3.05) is 0 Å². The first kappa shape index (κ1) is 9.57. The quantitative estimate of drug-likeness (QED) is 0.852. The molecule has 5 nitrogen and oxygen atoms in total. The Kier molecular flexibility index (Phi) is 1.89. The molecule has 0 unspecified atom stereocenters. The van der Waals surface area contributed by atoms with Gasteiger partial charge in [-0.1, -0.05) is 12.1 Å². The van der Waals surface area contributed by atoms with Crippen LogP contribution >= 0.6 is 0 Å². The second-order valence-electron chi connectivity index (χ2n) is 4.74. The number of H-pyrrole nitrogens is 1. The van der Waals surface area contributed by atoms with Crippen molar-refractivity contribution in [1.29, 1.82) is 0 Å². The van der Waals surface area contributed by atoms with Gasteiger partial charge in [-0.2, -0.15) is 4.98 Å². The van der Waals surface area contributed by atoms with E-state index in [-0.39, 0.29) is 5.41 Å². The van der Waals surface area contributed by atoms with Crippen LogP contribution in [0.15, 0.2) is 10.7 Å². The van der Waals surface area contributed by atoms with Gasteiger partial charge in [-0.3, -0.25) is 0 Å². The minimum absolute atomic E-state index is 0.172. The van der Waals surface area contributed by atoms with Gasteiger partial charge in [0.05, 0.1) is 6.42 Å². The minimum atomic E-state index is 0.172. The van der Waals surface area contributed by atoms with Gasteiger partial charge in [0, 0.05) is 17.3 Å². The van der Waals surface area contributed by atoms with Gasteiger partial charge in [0.2, 0.25) is 5.89 Å². The highest BCUT2D eigenvalue weighted by Crippen LogP contribution is 2.45. The second-order valence-corrected chi connectivity index (χ2v) is 4.74. The lowest BCUT2D eigenvalue weighted by Crippen LogP contribution is -2.02. The summed E-state index contributed by atoms with van der Waals surface area (Å²) < 4.78 is 5.24. The van der Waals surface area contributed by atoms with Crippen LogP contribution in [0, 0.1) is 6.92 Å². The number of nitrogens with zero attached hydrogens (tertiary/aromatic N) is 3. The Morgan fingerprint density at radius 3 is 2.94 bits per heavy atom. The smallest absolute Gasteiger partial charge is 0.232 e. The third-order valence-electron chi connectivity index (χ3n) is 3.11. The summed E-state index contributed by atoms with van der Waals surface area (Å²) in [7, 11) is 0. The van der Waals surface area contributed by atoms with Gasteiger partial charge in [0.25, 0.3) is 0 Å². The molecule has 5 heteroatoms. The van der Waals surface area contributed by atoms with E-state index in [0.29, 0.717) is 12.3 Å². The van der Waals surface area contributed by atoms with Gasteiger partial charge in [0.15, 0.2) is 5.82 Å². The first-order valence-corrected chi connectivity index (χ1v) is 5.49. The molecule has 84 valence electrons. The number of aryl methyl sites for hydroxylation is 1. The monoisotopic (exact) mass is 218 g/mol. The number of aromatic amines is 1. The van der Waals surface area contributed by atoms with Gasteiger partial charge in [-0.15, -0.1) is 0 Å². The van der Waals surface area contributed by atoms with Crippen LogP contribution < -0.4 is 0 Å². The first-order chi connectivity index (χ1) is 7.66. The van der Waals surface area contributed by atoms with Crippen LogP contribution in [-0.4, -0.2) is 20.1 Å². The maximum atomic E-state index is 5.24. The molecule has 1 saturated carbocycles. The predicted molar refractivity (Wildman–Crippen MR) is 57.0 cm³/mol. The topological polar surface area (TPSA) is 67.6 Å². The van der Waals surface area contributed by atoms with Crippen molar-refractivity contribution in [3.05, 3.63) is 29.4 Å². The summed E-state index contributed by atoms with van der Waals surface area (Å²) >= 11 is 0. The standard InChI is InChI=1S/C11H14N4O/c1-7-12-6-8(13-7)5-9-14-10(15-16-9)11(2)3-4-11/h6H,3-5H2,1-2H3,(H,12,13). The summed E-state index contributed by atoms with van der Waals surface area (Å²) in [6.07, 6.45) is 4.76. The Hall–Kier alpha value is -1.65. The van der Waals surface area contributed by atoms with Crippen LogP contribution in [0.5, 0.6) is 0 Å². The number of nitrogens with one attached hydrogen (secondary N) is 1. The maximum Gasteiger partial charge on any atom is 0.232 e. The van der Waals surface area contributed by atoms with Gasteiger partial charge in [-0.05, 0) is 19.8 Å². The number of hydrogen-bond donors (Lipinski definition) is 1. The fraction of sp³-hybridized carbons (Fsp3) is 0.545. The van der Waals surface area contributed by atoms with Crippen molar-refractivity contribution in [3.8, 4) is 0 Å². The molecule has 0 spiro atoms. The molecular weight excluding hydrogens is 204 g/mol. The van der Waals surface area contributed by atoms with Crippen LogP contribution in [-0.2, 0) is 11.8 Å². The molecule has 16 heavy (non-hydrogen) atoms. The molecule has 0 radical (unpaired) electrons. The van der Waals surface area contributed by atoms with E-state index >= 15 is 0 Å². The average Bonchev–Trinajstić information content (AvgIpc) is 2.68. The Balaban J connectivity index is 1.78.